The number of aromatic nitrogens is 2. The van der Waals surface area contributed by atoms with Crippen molar-refractivity contribution >= 4 is 17.4 Å². The van der Waals surface area contributed by atoms with Gasteiger partial charge in [-0.2, -0.15) is 0 Å². The topological polar surface area (TPSA) is 59.5 Å². The molecule has 0 fully saturated rings. The number of nitrogens with zero attached hydrogens (tertiary/aromatic N) is 3. The van der Waals surface area contributed by atoms with Crippen molar-refractivity contribution < 1.29 is 9.47 Å². The predicted octanol–water partition coefficient (Wildman–Crippen LogP) is 1.27. The molecule has 0 unspecified atom stereocenters. The van der Waals surface area contributed by atoms with E-state index in [0.717, 1.165) is 6.54 Å². The second-order valence-corrected chi connectivity index (χ2v) is 4.65. The molecule has 0 spiro atoms. The van der Waals surface area contributed by atoms with Gasteiger partial charge in [-0.25, -0.2) is 9.97 Å². The number of methoxy groups -OCH3 is 1. The molecule has 6 nitrogen and oxygen atoms in total. The molecule has 0 amide bonds. The Kier molecular flexibility index (Phi) is 7.66. The molecule has 0 aliphatic heterocycles. The molecule has 0 saturated carbocycles. The summed E-state index contributed by atoms with van der Waals surface area (Å²) in [6.07, 6.45) is 0. The maximum atomic E-state index is 5.90. The van der Waals surface area contributed by atoms with Crippen LogP contribution < -0.4 is 5.32 Å². The number of rotatable bonds is 9. The van der Waals surface area contributed by atoms with Gasteiger partial charge in [0, 0.05) is 26.3 Å². The number of hydrogen-bond acceptors (Lipinski definition) is 6. The SMILES string of the molecule is COCc1nc(Cl)cc(NCCOCCN(C)C)n1. The lowest BCUT2D eigenvalue weighted by Gasteiger charge is -2.11. The van der Waals surface area contributed by atoms with E-state index in [2.05, 4.69) is 20.2 Å². The van der Waals surface area contributed by atoms with Crippen molar-refractivity contribution in [2.45, 2.75) is 6.61 Å². The second-order valence-electron chi connectivity index (χ2n) is 4.27. The van der Waals surface area contributed by atoms with Crippen LogP contribution in [0.25, 0.3) is 0 Å². The Morgan fingerprint density at radius 2 is 2.11 bits per heavy atom. The number of anilines is 1. The van der Waals surface area contributed by atoms with Gasteiger partial charge in [-0.1, -0.05) is 11.6 Å². The van der Waals surface area contributed by atoms with Crippen LogP contribution in [-0.4, -0.2) is 62.4 Å². The van der Waals surface area contributed by atoms with Crippen LogP contribution in [0, 0.1) is 0 Å². The number of halogens is 1. The summed E-state index contributed by atoms with van der Waals surface area (Å²) < 4.78 is 10.4. The summed E-state index contributed by atoms with van der Waals surface area (Å²) in [7, 11) is 5.62. The molecule has 0 bridgehead atoms. The third-order valence-electron chi connectivity index (χ3n) is 2.25. The van der Waals surface area contributed by atoms with E-state index in [-0.39, 0.29) is 0 Å². The molecule has 0 saturated heterocycles. The minimum Gasteiger partial charge on any atom is -0.378 e. The molecule has 0 aliphatic carbocycles. The molecule has 1 aromatic rings. The lowest BCUT2D eigenvalue weighted by atomic mass is 10.5. The van der Waals surface area contributed by atoms with E-state index >= 15 is 0 Å². The Labute approximate surface area is 119 Å². The van der Waals surface area contributed by atoms with E-state index in [1.165, 1.54) is 0 Å². The quantitative estimate of drug-likeness (QED) is 0.545. The number of nitrogens with one attached hydrogen (secondary N) is 1. The normalized spacial score (nSPS) is 11.0. The minimum atomic E-state index is 0.342. The zero-order valence-corrected chi connectivity index (χ0v) is 12.4. The molecule has 7 heteroatoms. The average molecular weight is 289 g/mol. The van der Waals surface area contributed by atoms with Gasteiger partial charge >= 0.3 is 0 Å². The van der Waals surface area contributed by atoms with Gasteiger partial charge in [0.2, 0.25) is 0 Å². The zero-order chi connectivity index (χ0) is 14.1. The lowest BCUT2D eigenvalue weighted by Crippen LogP contribution is -2.20. The van der Waals surface area contributed by atoms with Crippen LogP contribution in [0.3, 0.4) is 0 Å². The molecule has 19 heavy (non-hydrogen) atoms. The minimum absolute atomic E-state index is 0.342. The monoisotopic (exact) mass is 288 g/mol. The summed E-state index contributed by atoms with van der Waals surface area (Å²) in [5.74, 6) is 1.24. The van der Waals surface area contributed by atoms with E-state index < -0.39 is 0 Å². The van der Waals surface area contributed by atoms with E-state index in [1.54, 1.807) is 13.2 Å². The van der Waals surface area contributed by atoms with Gasteiger partial charge in [0.25, 0.3) is 0 Å². The Morgan fingerprint density at radius 1 is 1.32 bits per heavy atom. The van der Waals surface area contributed by atoms with Gasteiger partial charge in [0.05, 0.1) is 13.2 Å². The molecule has 0 aliphatic rings. The Morgan fingerprint density at radius 3 is 2.79 bits per heavy atom. The zero-order valence-electron chi connectivity index (χ0n) is 11.6. The fourth-order valence-electron chi connectivity index (χ4n) is 1.35. The summed E-state index contributed by atoms with van der Waals surface area (Å²) in [5, 5.41) is 3.54. The lowest BCUT2D eigenvalue weighted by molar-refractivity contribution is 0.126. The Hall–Kier alpha value is -0.950. The van der Waals surface area contributed by atoms with E-state index in [1.807, 2.05) is 14.1 Å². The third kappa shape index (κ3) is 7.27. The summed E-state index contributed by atoms with van der Waals surface area (Å²) in [6.45, 7) is 3.27. The molecule has 0 aromatic carbocycles. The maximum Gasteiger partial charge on any atom is 0.158 e. The Bertz CT molecular complexity index is 377. The highest BCUT2D eigenvalue weighted by Gasteiger charge is 2.02. The molecule has 0 atom stereocenters. The summed E-state index contributed by atoms with van der Waals surface area (Å²) in [5.41, 5.74) is 0. The standard InChI is InChI=1S/C12H21ClN4O2/c1-17(2)5-7-19-6-4-14-11-8-10(13)15-12(16-11)9-18-3/h8H,4-7,9H2,1-3H3,(H,14,15,16). The molecular weight excluding hydrogens is 268 g/mol. The first-order valence-corrected chi connectivity index (χ1v) is 6.48. The van der Waals surface area contributed by atoms with Crippen molar-refractivity contribution in [1.82, 2.24) is 14.9 Å². The first-order valence-electron chi connectivity index (χ1n) is 6.10. The molecule has 1 aromatic heterocycles. The van der Waals surface area contributed by atoms with E-state index in [4.69, 9.17) is 21.1 Å². The first-order chi connectivity index (χ1) is 9.11. The summed E-state index contributed by atoms with van der Waals surface area (Å²) >= 11 is 5.90. The van der Waals surface area contributed by atoms with Gasteiger partial charge in [0.1, 0.15) is 17.6 Å². The average Bonchev–Trinajstić information content (AvgIpc) is 2.33. The number of ether oxygens (including phenoxy) is 2. The highest BCUT2D eigenvalue weighted by Crippen LogP contribution is 2.11. The highest BCUT2D eigenvalue weighted by molar-refractivity contribution is 6.29. The van der Waals surface area contributed by atoms with Crippen LogP contribution in [0.5, 0.6) is 0 Å². The van der Waals surface area contributed by atoms with Gasteiger partial charge in [0.15, 0.2) is 5.82 Å². The van der Waals surface area contributed by atoms with Crippen LogP contribution in [0.15, 0.2) is 6.07 Å². The fraction of sp³-hybridized carbons (Fsp3) is 0.667. The fourth-order valence-corrected chi connectivity index (χ4v) is 1.55. The first kappa shape index (κ1) is 16.1. The van der Waals surface area contributed by atoms with Gasteiger partial charge < -0.3 is 19.7 Å². The van der Waals surface area contributed by atoms with Crippen LogP contribution in [0.1, 0.15) is 5.82 Å². The van der Waals surface area contributed by atoms with Crippen molar-refractivity contribution in [2.75, 3.05) is 52.8 Å². The van der Waals surface area contributed by atoms with Crippen molar-refractivity contribution in [3.05, 3.63) is 17.0 Å². The van der Waals surface area contributed by atoms with E-state index in [9.17, 15) is 0 Å². The van der Waals surface area contributed by atoms with Crippen LogP contribution in [-0.2, 0) is 16.1 Å². The number of likely N-dealkylation sites (N-methyl/N-ethyl adjacent to an activating group) is 1. The highest BCUT2D eigenvalue weighted by atomic mass is 35.5. The summed E-state index contributed by atoms with van der Waals surface area (Å²) in [6, 6.07) is 1.68. The van der Waals surface area contributed by atoms with Crippen LogP contribution >= 0.6 is 11.6 Å². The predicted molar refractivity (Wildman–Crippen MR) is 75.6 cm³/mol. The van der Waals surface area contributed by atoms with Gasteiger partial charge in [-0.3, -0.25) is 0 Å². The second kappa shape index (κ2) is 9.03. The Balaban J connectivity index is 2.28. The van der Waals surface area contributed by atoms with Crippen molar-refractivity contribution in [1.29, 1.82) is 0 Å². The smallest absolute Gasteiger partial charge is 0.158 e. The van der Waals surface area contributed by atoms with Gasteiger partial charge in [-0.15, -0.1) is 0 Å². The van der Waals surface area contributed by atoms with Crippen molar-refractivity contribution in [2.24, 2.45) is 0 Å². The van der Waals surface area contributed by atoms with Crippen molar-refractivity contribution in [3.63, 3.8) is 0 Å². The number of hydrogen-bond donors (Lipinski definition) is 1. The largest absolute Gasteiger partial charge is 0.378 e. The molecule has 1 N–H and O–H groups in total. The van der Waals surface area contributed by atoms with E-state index in [0.29, 0.717) is 43.2 Å². The molecule has 1 rings (SSSR count). The summed E-state index contributed by atoms with van der Waals surface area (Å²) in [4.78, 5) is 10.4. The molecular formula is C12H21ClN4O2. The third-order valence-corrected chi connectivity index (χ3v) is 2.44. The maximum absolute atomic E-state index is 5.90. The van der Waals surface area contributed by atoms with Gasteiger partial charge in [-0.05, 0) is 14.1 Å². The van der Waals surface area contributed by atoms with Crippen molar-refractivity contribution in [3.8, 4) is 0 Å². The molecule has 1 heterocycles. The van der Waals surface area contributed by atoms with Crippen LogP contribution in [0.2, 0.25) is 5.15 Å². The molecule has 108 valence electrons. The molecule has 0 radical (unpaired) electrons. The van der Waals surface area contributed by atoms with Crippen LogP contribution in [0.4, 0.5) is 5.82 Å².